The number of aromatic nitrogens is 5. The summed E-state index contributed by atoms with van der Waals surface area (Å²) < 4.78 is 2.51. The third kappa shape index (κ3) is 2.57. The van der Waals surface area contributed by atoms with Gasteiger partial charge < -0.3 is 0 Å². The van der Waals surface area contributed by atoms with Gasteiger partial charge in [-0.05, 0) is 50.1 Å². The van der Waals surface area contributed by atoms with Crippen molar-refractivity contribution in [2.45, 2.75) is 6.54 Å². The zero-order valence-electron chi connectivity index (χ0n) is 10.2. The maximum Gasteiger partial charge on any atom is 0.183 e. The van der Waals surface area contributed by atoms with Crippen LogP contribution in [-0.2, 0) is 6.54 Å². The minimum absolute atomic E-state index is 0.541. The van der Waals surface area contributed by atoms with Gasteiger partial charge in [0.15, 0.2) is 5.82 Å². The second-order valence-electron chi connectivity index (χ2n) is 4.12. The number of hydrogen-bond donors (Lipinski definition) is 0. The van der Waals surface area contributed by atoms with E-state index in [2.05, 4.69) is 36.4 Å². The predicted molar refractivity (Wildman–Crippen MR) is 79.3 cm³/mol. The molecule has 0 amide bonds. The zero-order valence-corrected chi connectivity index (χ0v) is 12.6. The third-order valence-electron chi connectivity index (χ3n) is 2.78. The largest absolute Gasteiger partial charge is 0.264 e. The molecule has 3 rings (SSSR count). The Bertz CT molecular complexity index is 729. The SMILES string of the molecule is Clc1c(Br)cccc1-c1nnnn1Cc1cccnc1. The lowest BCUT2D eigenvalue weighted by molar-refractivity contribution is 0.652. The van der Waals surface area contributed by atoms with E-state index in [0.29, 0.717) is 17.4 Å². The molecule has 0 saturated carbocycles. The van der Waals surface area contributed by atoms with E-state index in [1.54, 1.807) is 17.1 Å². The number of hydrogen-bond acceptors (Lipinski definition) is 4. The molecular weight excluding hydrogens is 342 g/mol. The van der Waals surface area contributed by atoms with Crippen molar-refractivity contribution < 1.29 is 0 Å². The van der Waals surface area contributed by atoms with Crippen LogP contribution in [0.3, 0.4) is 0 Å². The Labute approximate surface area is 128 Å². The lowest BCUT2D eigenvalue weighted by Gasteiger charge is -2.07. The maximum atomic E-state index is 6.29. The van der Waals surface area contributed by atoms with Gasteiger partial charge in [0, 0.05) is 22.4 Å². The van der Waals surface area contributed by atoms with E-state index in [4.69, 9.17) is 11.6 Å². The summed E-state index contributed by atoms with van der Waals surface area (Å²) in [6.07, 6.45) is 3.52. The Morgan fingerprint density at radius 2 is 2.10 bits per heavy atom. The summed E-state index contributed by atoms with van der Waals surface area (Å²) in [5, 5.41) is 12.4. The Kier molecular flexibility index (Phi) is 3.75. The van der Waals surface area contributed by atoms with Crippen LogP contribution in [0, 0.1) is 0 Å². The Balaban J connectivity index is 2.00. The maximum absolute atomic E-state index is 6.29. The summed E-state index contributed by atoms with van der Waals surface area (Å²) in [4.78, 5) is 4.08. The van der Waals surface area contributed by atoms with E-state index >= 15 is 0 Å². The van der Waals surface area contributed by atoms with Gasteiger partial charge in [0.05, 0.1) is 11.6 Å². The second kappa shape index (κ2) is 5.68. The summed E-state index contributed by atoms with van der Waals surface area (Å²) in [5.41, 5.74) is 1.81. The minimum atomic E-state index is 0.541. The molecule has 0 fully saturated rings. The second-order valence-corrected chi connectivity index (χ2v) is 5.36. The molecule has 0 aliphatic carbocycles. The molecule has 2 aromatic heterocycles. The quantitative estimate of drug-likeness (QED) is 0.728. The van der Waals surface area contributed by atoms with Crippen molar-refractivity contribution in [1.29, 1.82) is 0 Å². The van der Waals surface area contributed by atoms with E-state index < -0.39 is 0 Å². The van der Waals surface area contributed by atoms with Gasteiger partial charge in [-0.25, -0.2) is 4.68 Å². The Hall–Kier alpha value is -1.79. The van der Waals surface area contributed by atoms with Crippen LogP contribution in [0.5, 0.6) is 0 Å². The molecule has 0 unspecified atom stereocenters. The highest BCUT2D eigenvalue weighted by atomic mass is 79.9. The van der Waals surface area contributed by atoms with E-state index in [1.165, 1.54) is 0 Å². The number of tetrazole rings is 1. The molecule has 0 aliphatic heterocycles. The van der Waals surface area contributed by atoms with Crippen molar-refractivity contribution in [3.05, 3.63) is 57.8 Å². The van der Waals surface area contributed by atoms with Crippen molar-refractivity contribution in [2.24, 2.45) is 0 Å². The molecule has 2 heterocycles. The van der Waals surface area contributed by atoms with Crippen LogP contribution >= 0.6 is 27.5 Å². The molecule has 7 heteroatoms. The highest BCUT2D eigenvalue weighted by Crippen LogP contribution is 2.32. The van der Waals surface area contributed by atoms with Crippen LogP contribution in [0.4, 0.5) is 0 Å². The molecule has 0 saturated heterocycles. The van der Waals surface area contributed by atoms with E-state index in [1.807, 2.05) is 30.3 Å². The molecule has 5 nitrogen and oxygen atoms in total. The molecule has 0 atom stereocenters. The molecule has 0 N–H and O–H groups in total. The molecule has 20 heavy (non-hydrogen) atoms. The van der Waals surface area contributed by atoms with Crippen molar-refractivity contribution in [3.8, 4) is 11.4 Å². The van der Waals surface area contributed by atoms with Crippen LogP contribution in [0.2, 0.25) is 5.02 Å². The molecule has 100 valence electrons. The smallest absolute Gasteiger partial charge is 0.183 e. The summed E-state index contributed by atoms with van der Waals surface area (Å²) >= 11 is 9.69. The van der Waals surface area contributed by atoms with Crippen LogP contribution in [0.25, 0.3) is 11.4 Å². The topological polar surface area (TPSA) is 56.5 Å². The fraction of sp³-hybridized carbons (Fsp3) is 0.0769. The first-order valence-electron chi connectivity index (χ1n) is 5.85. The highest BCUT2D eigenvalue weighted by Gasteiger charge is 2.14. The first-order valence-corrected chi connectivity index (χ1v) is 7.02. The van der Waals surface area contributed by atoms with Crippen molar-refractivity contribution in [1.82, 2.24) is 25.2 Å². The highest BCUT2D eigenvalue weighted by molar-refractivity contribution is 9.10. The van der Waals surface area contributed by atoms with Gasteiger partial charge in [-0.15, -0.1) is 5.10 Å². The van der Waals surface area contributed by atoms with Gasteiger partial charge in [-0.1, -0.05) is 23.7 Å². The first kappa shape index (κ1) is 13.2. The molecule has 0 radical (unpaired) electrons. The molecule has 0 spiro atoms. The number of nitrogens with zero attached hydrogens (tertiary/aromatic N) is 5. The lowest BCUT2D eigenvalue weighted by atomic mass is 10.2. The lowest BCUT2D eigenvalue weighted by Crippen LogP contribution is -2.05. The van der Waals surface area contributed by atoms with E-state index in [0.717, 1.165) is 15.6 Å². The fourth-order valence-corrected chi connectivity index (χ4v) is 2.42. The standard InChI is InChI=1S/C13H9BrClN5/c14-11-5-1-4-10(12(11)15)13-17-18-19-20(13)8-9-3-2-6-16-7-9/h1-7H,8H2. The van der Waals surface area contributed by atoms with Crippen molar-refractivity contribution in [3.63, 3.8) is 0 Å². The molecule has 3 aromatic rings. The van der Waals surface area contributed by atoms with Crippen LogP contribution in [-0.4, -0.2) is 25.2 Å². The van der Waals surface area contributed by atoms with Gasteiger partial charge >= 0.3 is 0 Å². The van der Waals surface area contributed by atoms with Crippen LogP contribution in [0.15, 0.2) is 47.2 Å². The number of benzene rings is 1. The van der Waals surface area contributed by atoms with Crippen molar-refractivity contribution in [2.75, 3.05) is 0 Å². The summed E-state index contributed by atoms with van der Waals surface area (Å²) in [6, 6.07) is 9.51. The number of halogens is 2. The molecule has 1 aromatic carbocycles. The fourth-order valence-electron chi connectivity index (χ4n) is 1.85. The molecule has 0 aliphatic rings. The monoisotopic (exact) mass is 349 g/mol. The van der Waals surface area contributed by atoms with Crippen LogP contribution < -0.4 is 0 Å². The van der Waals surface area contributed by atoms with E-state index in [-0.39, 0.29) is 0 Å². The molecule has 0 bridgehead atoms. The first-order chi connectivity index (χ1) is 9.75. The number of pyridine rings is 1. The predicted octanol–water partition coefficient (Wildman–Crippen LogP) is 3.20. The Morgan fingerprint density at radius 1 is 1.20 bits per heavy atom. The summed E-state index contributed by atoms with van der Waals surface area (Å²) in [6.45, 7) is 0.541. The van der Waals surface area contributed by atoms with Crippen LogP contribution in [0.1, 0.15) is 5.56 Å². The normalized spacial score (nSPS) is 10.7. The van der Waals surface area contributed by atoms with Gasteiger partial charge in [0.25, 0.3) is 0 Å². The summed E-state index contributed by atoms with van der Waals surface area (Å²) in [7, 11) is 0. The van der Waals surface area contributed by atoms with Gasteiger partial charge in [-0.2, -0.15) is 0 Å². The van der Waals surface area contributed by atoms with Crippen molar-refractivity contribution >= 4 is 27.5 Å². The average Bonchev–Trinajstić information content (AvgIpc) is 2.91. The van der Waals surface area contributed by atoms with Gasteiger partial charge in [0.1, 0.15) is 0 Å². The third-order valence-corrected chi connectivity index (χ3v) is 4.08. The van der Waals surface area contributed by atoms with Gasteiger partial charge in [-0.3, -0.25) is 4.98 Å². The average molecular weight is 351 g/mol. The van der Waals surface area contributed by atoms with E-state index in [9.17, 15) is 0 Å². The minimum Gasteiger partial charge on any atom is -0.264 e. The molecular formula is C13H9BrClN5. The number of rotatable bonds is 3. The van der Waals surface area contributed by atoms with Gasteiger partial charge in [0.2, 0.25) is 0 Å². The summed E-state index contributed by atoms with van der Waals surface area (Å²) in [5.74, 6) is 0.625. The Morgan fingerprint density at radius 3 is 2.90 bits per heavy atom. The zero-order chi connectivity index (χ0) is 13.9.